The van der Waals surface area contributed by atoms with Crippen molar-refractivity contribution in [2.75, 3.05) is 17.8 Å². The average Bonchev–Trinajstić information content (AvgIpc) is 2.61. The van der Waals surface area contributed by atoms with Crippen molar-refractivity contribution in [1.82, 2.24) is 0 Å². The topological polar surface area (TPSA) is 166 Å². The highest BCUT2D eigenvalue weighted by Crippen LogP contribution is 2.29. The van der Waals surface area contributed by atoms with E-state index in [2.05, 4.69) is 15.8 Å². The first kappa shape index (κ1) is 18.3. The van der Waals surface area contributed by atoms with Crippen molar-refractivity contribution in [2.24, 2.45) is 5.10 Å². The SMILES string of the molecule is CNc1ccc(/C=N/Nc2ccc([N+](=O)[O-])cc2[N+](=O)[O-])cc1[N+](=O)[O-]. The first-order chi connectivity index (χ1) is 12.3. The van der Waals surface area contributed by atoms with Crippen LogP contribution in [-0.4, -0.2) is 28.0 Å². The van der Waals surface area contributed by atoms with Crippen molar-refractivity contribution >= 4 is 34.7 Å². The normalized spacial score (nSPS) is 10.5. The maximum atomic E-state index is 11.0. The zero-order chi connectivity index (χ0) is 19.3. The second-order valence-electron chi connectivity index (χ2n) is 4.87. The second kappa shape index (κ2) is 7.65. The zero-order valence-electron chi connectivity index (χ0n) is 13.3. The number of nitro benzene ring substituents is 3. The van der Waals surface area contributed by atoms with Crippen molar-refractivity contribution in [1.29, 1.82) is 0 Å². The molecule has 0 aromatic heterocycles. The number of hydrogen-bond acceptors (Lipinski definition) is 9. The van der Waals surface area contributed by atoms with Gasteiger partial charge in [-0.15, -0.1) is 0 Å². The molecule has 0 bridgehead atoms. The van der Waals surface area contributed by atoms with Gasteiger partial charge in [0.05, 0.1) is 27.1 Å². The molecule has 0 heterocycles. The molecule has 0 aliphatic heterocycles. The fraction of sp³-hybridized carbons (Fsp3) is 0.0714. The minimum Gasteiger partial charge on any atom is -0.383 e. The second-order valence-corrected chi connectivity index (χ2v) is 4.87. The van der Waals surface area contributed by atoms with E-state index in [9.17, 15) is 30.3 Å². The van der Waals surface area contributed by atoms with E-state index in [-0.39, 0.29) is 11.4 Å². The number of rotatable bonds is 7. The predicted octanol–water partition coefficient (Wildman–Crippen LogP) is 2.90. The molecular formula is C14H12N6O6. The Bertz CT molecular complexity index is 913. The van der Waals surface area contributed by atoms with E-state index < -0.39 is 26.1 Å². The molecule has 2 N–H and O–H groups in total. The van der Waals surface area contributed by atoms with Crippen LogP contribution in [0.5, 0.6) is 0 Å². The Balaban J connectivity index is 2.26. The summed E-state index contributed by atoms with van der Waals surface area (Å²) < 4.78 is 0. The molecule has 0 aliphatic carbocycles. The van der Waals surface area contributed by atoms with Crippen LogP contribution in [0.1, 0.15) is 5.56 Å². The lowest BCUT2D eigenvalue weighted by atomic mass is 10.2. The fourth-order valence-corrected chi connectivity index (χ4v) is 2.05. The summed E-state index contributed by atoms with van der Waals surface area (Å²) in [6.45, 7) is 0. The van der Waals surface area contributed by atoms with Crippen molar-refractivity contribution in [2.45, 2.75) is 0 Å². The van der Waals surface area contributed by atoms with Gasteiger partial charge in [-0.05, 0) is 12.1 Å². The molecule has 26 heavy (non-hydrogen) atoms. The maximum Gasteiger partial charge on any atom is 0.301 e. The lowest BCUT2D eigenvalue weighted by Gasteiger charge is -2.03. The Kier molecular flexibility index (Phi) is 5.37. The first-order valence-corrected chi connectivity index (χ1v) is 7.01. The van der Waals surface area contributed by atoms with E-state index in [4.69, 9.17) is 0 Å². The standard InChI is InChI=1S/C14H12N6O6/c1-15-11-4-2-9(6-13(11)19(23)24)8-16-17-12-5-3-10(18(21)22)7-14(12)20(25)26/h2-8,15,17H,1H3/b16-8+. The highest BCUT2D eigenvalue weighted by molar-refractivity contribution is 5.83. The Morgan fingerprint density at radius 2 is 1.50 bits per heavy atom. The lowest BCUT2D eigenvalue weighted by molar-refractivity contribution is -0.393. The zero-order valence-corrected chi connectivity index (χ0v) is 13.3. The van der Waals surface area contributed by atoms with Gasteiger partial charge in [-0.3, -0.25) is 35.8 Å². The monoisotopic (exact) mass is 360 g/mol. The Morgan fingerprint density at radius 1 is 0.885 bits per heavy atom. The van der Waals surface area contributed by atoms with Gasteiger partial charge in [0.1, 0.15) is 11.4 Å². The Morgan fingerprint density at radius 3 is 2.08 bits per heavy atom. The van der Waals surface area contributed by atoms with Crippen LogP contribution in [0.4, 0.5) is 28.4 Å². The number of non-ortho nitro benzene ring substituents is 1. The smallest absolute Gasteiger partial charge is 0.301 e. The summed E-state index contributed by atoms with van der Waals surface area (Å²) in [6.07, 6.45) is 1.23. The molecule has 134 valence electrons. The molecule has 0 atom stereocenters. The van der Waals surface area contributed by atoms with Gasteiger partial charge in [0.2, 0.25) is 0 Å². The van der Waals surface area contributed by atoms with Gasteiger partial charge in [0.15, 0.2) is 0 Å². The van der Waals surface area contributed by atoms with Crippen LogP contribution in [0.2, 0.25) is 0 Å². The quantitative estimate of drug-likeness (QED) is 0.432. The summed E-state index contributed by atoms with van der Waals surface area (Å²) in [4.78, 5) is 30.7. The van der Waals surface area contributed by atoms with Gasteiger partial charge >= 0.3 is 5.69 Å². The van der Waals surface area contributed by atoms with Crippen molar-refractivity contribution < 1.29 is 14.8 Å². The summed E-state index contributed by atoms with van der Waals surface area (Å²) in [6, 6.07) is 7.39. The van der Waals surface area contributed by atoms with Crippen molar-refractivity contribution in [3.05, 3.63) is 72.3 Å². The van der Waals surface area contributed by atoms with Crippen LogP contribution in [0, 0.1) is 30.3 Å². The lowest BCUT2D eigenvalue weighted by Crippen LogP contribution is -2.00. The van der Waals surface area contributed by atoms with Gasteiger partial charge in [-0.25, -0.2) is 0 Å². The molecule has 12 nitrogen and oxygen atoms in total. The van der Waals surface area contributed by atoms with Gasteiger partial charge in [0.25, 0.3) is 11.4 Å². The fourth-order valence-electron chi connectivity index (χ4n) is 2.05. The van der Waals surface area contributed by atoms with Gasteiger partial charge in [0, 0.05) is 24.7 Å². The van der Waals surface area contributed by atoms with E-state index in [1.165, 1.54) is 18.3 Å². The highest BCUT2D eigenvalue weighted by atomic mass is 16.6. The molecule has 2 aromatic carbocycles. The highest BCUT2D eigenvalue weighted by Gasteiger charge is 2.19. The Hall–Kier alpha value is -4.09. The molecule has 2 rings (SSSR count). The summed E-state index contributed by atoms with van der Waals surface area (Å²) in [5.74, 6) is 0. The van der Waals surface area contributed by atoms with E-state index in [0.717, 1.165) is 18.2 Å². The van der Waals surface area contributed by atoms with E-state index >= 15 is 0 Å². The summed E-state index contributed by atoms with van der Waals surface area (Å²) >= 11 is 0. The summed E-state index contributed by atoms with van der Waals surface area (Å²) in [7, 11) is 1.55. The number of hydrazone groups is 1. The minimum absolute atomic E-state index is 0.0572. The van der Waals surface area contributed by atoms with Crippen LogP contribution in [0.3, 0.4) is 0 Å². The number of benzene rings is 2. The maximum absolute atomic E-state index is 11.0. The predicted molar refractivity (Wildman–Crippen MR) is 93.6 cm³/mol. The van der Waals surface area contributed by atoms with Crippen LogP contribution >= 0.6 is 0 Å². The summed E-state index contributed by atoms with van der Waals surface area (Å²) in [5, 5.41) is 39.2. The average molecular weight is 360 g/mol. The molecule has 0 saturated heterocycles. The third-order valence-electron chi connectivity index (χ3n) is 3.28. The number of nitrogens with zero attached hydrogens (tertiary/aromatic N) is 4. The van der Waals surface area contributed by atoms with Gasteiger partial charge in [-0.2, -0.15) is 5.10 Å². The van der Waals surface area contributed by atoms with Crippen LogP contribution < -0.4 is 10.7 Å². The molecule has 0 spiro atoms. The Labute approximate surface area is 145 Å². The molecule has 2 aromatic rings. The molecule has 0 aliphatic rings. The van der Waals surface area contributed by atoms with E-state index in [1.54, 1.807) is 13.1 Å². The molecule has 0 saturated carbocycles. The third kappa shape index (κ3) is 4.05. The third-order valence-corrected chi connectivity index (χ3v) is 3.28. The number of anilines is 2. The van der Waals surface area contributed by atoms with Crippen molar-refractivity contribution in [3.63, 3.8) is 0 Å². The summed E-state index contributed by atoms with van der Waals surface area (Å²) in [5.41, 5.74) is 1.95. The van der Waals surface area contributed by atoms with E-state index in [0.29, 0.717) is 11.3 Å². The molecular weight excluding hydrogens is 348 g/mol. The number of nitrogens with one attached hydrogen (secondary N) is 2. The van der Waals surface area contributed by atoms with Crippen LogP contribution in [0.15, 0.2) is 41.5 Å². The molecule has 0 amide bonds. The minimum atomic E-state index is -0.780. The number of nitro groups is 3. The van der Waals surface area contributed by atoms with Crippen LogP contribution in [-0.2, 0) is 0 Å². The van der Waals surface area contributed by atoms with Crippen molar-refractivity contribution in [3.8, 4) is 0 Å². The largest absolute Gasteiger partial charge is 0.383 e. The molecule has 12 heteroatoms. The van der Waals surface area contributed by atoms with Gasteiger partial charge in [-0.1, -0.05) is 6.07 Å². The van der Waals surface area contributed by atoms with Crippen LogP contribution in [0.25, 0.3) is 0 Å². The molecule has 0 fully saturated rings. The first-order valence-electron chi connectivity index (χ1n) is 7.01. The van der Waals surface area contributed by atoms with E-state index in [1.807, 2.05) is 0 Å². The number of hydrogen-bond donors (Lipinski definition) is 2. The molecule has 0 radical (unpaired) electrons. The molecule has 0 unspecified atom stereocenters. The van der Waals surface area contributed by atoms with Gasteiger partial charge < -0.3 is 5.32 Å².